The van der Waals surface area contributed by atoms with Crippen molar-refractivity contribution in [3.05, 3.63) is 35.6 Å². The summed E-state index contributed by atoms with van der Waals surface area (Å²) in [5.41, 5.74) is 8.93. The first-order valence-electron chi connectivity index (χ1n) is 8.62. The van der Waals surface area contributed by atoms with E-state index in [1.807, 2.05) is 0 Å². The number of carbonyl (C=O) groups excluding carboxylic acids is 3. The van der Waals surface area contributed by atoms with Gasteiger partial charge in [0.1, 0.15) is 17.1 Å². The molecule has 27 heavy (non-hydrogen) atoms. The zero-order chi connectivity index (χ0) is 20.8. The lowest BCUT2D eigenvalue weighted by molar-refractivity contribution is -0.127. The minimum Gasteiger partial charge on any atom is -0.368 e. The molecule has 0 aliphatic rings. The SMILES string of the molecule is CC(C)(NC(=O)C(CCCN)=NC(=O)C(C)(C)c1ccc(F)cc1)C(N)=O. The number of aliphatic imine (C=N–C) groups is 1. The molecule has 8 heteroatoms. The number of halogens is 1. The molecule has 1 aromatic rings. The largest absolute Gasteiger partial charge is 0.368 e. The van der Waals surface area contributed by atoms with Crippen LogP contribution in [0.4, 0.5) is 4.39 Å². The topological polar surface area (TPSA) is 128 Å². The maximum absolute atomic E-state index is 13.1. The molecule has 0 fully saturated rings. The Kier molecular flexibility index (Phi) is 7.36. The summed E-state index contributed by atoms with van der Waals surface area (Å²) in [4.78, 5) is 40.7. The Balaban J connectivity index is 3.15. The lowest BCUT2D eigenvalue weighted by Crippen LogP contribution is -2.54. The van der Waals surface area contributed by atoms with Crippen molar-refractivity contribution < 1.29 is 18.8 Å². The number of carbonyl (C=O) groups is 3. The van der Waals surface area contributed by atoms with E-state index in [9.17, 15) is 18.8 Å². The van der Waals surface area contributed by atoms with Crippen molar-refractivity contribution in [3.8, 4) is 0 Å². The van der Waals surface area contributed by atoms with Gasteiger partial charge in [-0.15, -0.1) is 0 Å². The van der Waals surface area contributed by atoms with Crippen molar-refractivity contribution in [3.63, 3.8) is 0 Å². The van der Waals surface area contributed by atoms with Gasteiger partial charge in [0.2, 0.25) is 5.91 Å². The fourth-order valence-electron chi connectivity index (χ4n) is 2.16. The molecule has 0 atom stereocenters. The molecule has 0 bridgehead atoms. The number of primary amides is 1. The van der Waals surface area contributed by atoms with E-state index in [2.05, 4.69) is 10.3 Å². The molecular formula is C19H27FN4O3. The van der Waals surface area contributed by atoms with Crippen LogP contribution in [0, 0.1) is 5.82 Å². The molecule has 0 aromatic heterocycles. The third-order valence-electron chi connectivity index (χ3n) is 4.26. The summed E-state index contributed by atoms with van der Waals surface area (Å²) in [7, 11) is 0. The number of benzene rings is 1. The normalized spacial score (nSPS) is 12.6. The third-order valence-corrected chi connectivity index (χ3v) is 4.26. The quantitative estimate of drug-likeness (QED) is 0.587. The average Bonchev–Trinajstić information content (AvgIpc) is 2.58. The van der Waals surface area contributed by atoms with Gasteiger partial charge in [0.15, 0.2) is 0 Å². The fourth-order valence-corrected chi connectivity index (χ4v) is 2.16. The van der Waals surface area contributed by atoms with E-state index in [1.165, 1.54) is 38.1 Å². The zero-order valence-corrected chi connectivity index (χ0v) is 16.1. The van der Waals surface area contributed by atoms with Gasteiger partial charge >= 0.3 is 0 Å². The van der Waals surface area contributed by atoms with Crippen molar-refractivity contribution in [2.45, 2.75) is 51.5 Å². The van der Waals surface area contributed by atoms with E-state index >= 15 is 0 Å². The molecule has 1 aromatic carbocycles. The maximum atomic E-state index is 13.1. The van der Waals surface area contributed by atoms with Crippen LogP contribution in [-0.2, 0) is 19.8 Å². The second-order valence-corrected chi connectivity index (χ2v) is 7.33. The molecule has 0 heterocycles. The smallest absolute Gasteiger partial charge is 0.266 e. The highest BCUT2D eigenvalue weighted by Gasteiger charge is 2.32. The van der Waals surface area contributed by atoms with E-state index in [0.717, 1.165) is 0 Å². The van der Waals surface area contributed by atoms with Gasteiger partial charge in [-0.2, -0.15) is 0 Å². The van der Waals surface area contributed by atoms with Crippen molar-refractivity contribution in [1.29, 1.82) is 0 Å². The Morgan fingerprint density at radius 2 is 1.67 bits per heavy atom. The third kappa shape index (κ3) is 5.96. The minimum atomic E-state index is -1.30. The number of hydrogen-bond acceptors (Lipinski definition) is 4. The van der Waals surface area contributed by atoms with E-state index in [4.69, 9.17) is 11.5 Å². The first-order chi connectivity index (χ1) is 12.4. The highest BCUT2D eigenvalue weighted by molar-refractivity contribution is 6.41. The lowest BCUT2D eigenvalue weighted by atomic mass is 9.84. The summed E-state index contributed by atoms with van der Waals surface area (Å²) in [6.45, 7) is 6.49. The number of rotatable bonds is 8. The summed E-state index contributed by atoms with van der Waals surface area (Å²) in [5.74, 6) is -2.35. The Morgan fingerprint density at radius 1 is 1.11 bits per heavy atom. The average molecular weight is 378 g/mol. The first-order valence-corrected chi connectivity index (χ1v) is 8.62. The van der Waals surface area contributed by atoms with Gasteiger partial charge in [-0.25, -0.2) is 9.38 Å². The monoisotopic (exact) mass is 378 g/mol. The minimum absolute atomic E-state index is 0.0324. The Hall–Kier alpha value is -2.61. The van der Waals surface area contributed by atoms with E-state index in [1.54, 1.807) is 13.8 Å². The molecule has 0 aliphatic carbocycles. The van der Waals surface area contributed by atoms with Crippen LogP contribution in [-0.4, -0.2) is 35.5 Å². The van der Waals surface area contributed by atoms with E-state index in [0.29, 0.717) is 18.5 Å². The molecule has 148 valence electrons. The van der Waals surface area contributed by atoms with Crippen LogP contribution in [0.3, 0.4) is 0 Å². The van der Waals surface area contributed by atoms with Crippen LogP contribution < -0.4 is 16.8 Å². The molecule has 0 unspecified atom stereocenters. The van der Waals surface area contributed by atoms with Crippen LogP contribution in [0.2, 0.25) is 0 Å². The number of amides is 3. The van der Waals surface area contributed by atoms with Gasteiger partial charge in [0.05, 0.1) is 5.41 Å². The zero-order valence-electron chi connectivity index (χ0n) is 16.1. The molecule has 0 radical (unpaired) electrons. The van der Waals surface area contributed by atoms with Crippen LogP contribution in [0.15, 0.2) is 29.3 Å². The van der Waals surface area contributed by atoms with Crippen LogP contribution >= 0.6 is 0 Å². The van der Waals surface area contributed by atoms with Crippen LogP contribution in [0.1, 0.15) is 46.1 Å². The van der Waals surface area contributed by atoms with E-state index < -0.39 is 34.5 Å². The summed E-state index contributed by atoms with van der Waals surface area (Å²) in [6.07, 6.45) is 0.607. The van der Waals surface area contributed by atoms with Gasteiger partial charge in [0.25, 0.3) is 11.8 Å². The molecule has 0 aliphatic heterocycles. The first kappa shape index (κ1) is 22.4. The van der Waals surface area contributed by atoms with Crippen molar-refractivity contribution >= 4 is 23.4 Å². The molecule has 0 spiro atoms. The highest BCUT2D eigenvalue weighted by Crippen LogP contribution is 2.25. The van der Waals surface area contributed by atoms with Crippen molar-refractivity contribution in [1.82, 2.24) is 5.32 Å². The maximum Gasteiger partial charge on any atom is 0.266 e. The Morgan fingerprint density at radius 3 is 2.15 bits per heavy atom. The Bertz CT molecular complexity index is 740. The molecule has 0 saturated carbocycles. The lowest BCUT2D eigenvalue weighted by Gasteiger charge is -2.24. The summed E-state index contributed by atoms with van der Waals surface area (Å²) in [5, 5.41) is 2.48. The number of nitrogens with two attached hydrogens (primary N) is 2. The predicted octanol–water partition coefficient (Wildman–Crippen LogP) is 1.19. The molecule has 3 amide bonds. The Labute approximate surface area is 158 Å². The van der Waals surface area contributed by atoms with Gasteiger partial charge in [0, 0.05) is 0 Å². The van der Waals surface area contributed by atoms with Gasteiger partial charge < -0.3 is 16.8 Å². The van der Waals surface area contributed by atoms with Gasteiger partial charge in [-0.05, 0) is 64.8 Å². The summed E-state index contributed by atoms with van der Waals surface area (Å²) < 4.78 is 13.1. The molecule has 7 nitrogen and oxygen atoms in total. The predicted molar refractivity (Wildman–Crippen MR) is 102 cm³/mol. The number of nitrogens with one attached hydrogen (secondary N) is 1. The number of nitrogens with zero attached hydrogens (tertiary/aromatic N) is 1. The summed E-state index contributed by atoms with van der Waals surface area (Å²) >= 11 is 0. The van der Waals surface area contributed by atoms with Crippen molar-refractivity contribution in [2.24, 2.45) is 16.5 Å². The second kappa shape index (κ2) is 8.85. The summed E-state index contributed by atoms with van der Waals surface area (Å²) in [6, 6.07) is 5.51. The van der Waals surface area contributed by atoms with Gasteiger partial charge in [-0.1, -0.05) is 12.1 Å². The van der Waals surface area contributed by atoms with Gasteiger partial charge in [-0.3, -0.25) is 14.4 Å². The molecule has 5 N–H and O–H groups in total. The number of hydrogen-bond donors (Lipinski definition) is 3. The van der Waals surface area contributed by atoms with Crippen LogP contribution in [0.5, 0.6) is 0 Å². The molecule has 0 saturated heterocycles. The van der Waals surface area contributed by atoms with E-state index in [-0.39, 0.29) is 12.1 Å². The van der Waals surface area contributed by atoms with Crippen molar-refractivity contribution in [2.75, 3.05) is 6.54 Å². The highest BCUT2D eigenvalue weighted by atomic mass is 19.1. The fraction of sp³-hybridized carbons (Fsp3) is 0.474. The van der Waals surface area contributed by atoms with Crippen LogP contribution in [0.25, 0.3) is 0 Å². The molecular weight excluding hydrogens is 351 g/mol. The standard InChI is InChI=1S/C19H27FN4O3/c1-18(2,12-7-9-13(20)10-8-12)17(27)23-14(6-5-11-21)15(25)24-19(3,4)16(22)26/h7-10H,5-6,11,21H2,1-4H3,(H2,22,26)(H,24,25). The molecule has 1 rings (SSSR count). The second-order valence-electron chi connectivity index (χ2n) is 7.33.